The van der Waals surface area contributed by atoms with Gasteiger partial charge >= 0.3 is 5.97 Å². The van der Waals surface area contributed by atoms with Crippen molar-refractivity contribution in [3.63, 3.8) is 0 Å². The van der Waals surface area contributed by atoms with Crippen molar-refractivity contribution in [1.29, 1.82) is 0 Å². The summed E-state index contributed by atoms with van der Waals surface area (Å²) in [5, 5.41) is 0. The summed E-state index contributed by atoms with van der Waals surface area (Å²) in [5.41, 5.74) is 2.89. The molecular weight excluding hydrogens is 312 g/mol. The molecule has 0 aliphatic rings. The Kier molecular flexibility index (Phi) is 5.83. The number of carbonyl (C=O) groups excluding carboxylic acids is 1. The second kappa shape index (κ2) is 8.69. The van der Waals surface area contributed by atoms with Gasteiger partial charge in [-0.2, -0.15) is 0 Å². The van der Waals surface area contributed by atoms with Crippen molar-refractivity contribution in [1.82, 2.24) is 0 Å². The number of benzene rings is 3. The zero-order chi connectivity index (χ0) is 17.3. The molecule has 0 spiro atoms. The lowest BCUT2D eigenvalue weighted by atomic mass is 10.1. The Hall–Kier alpha value is -3.07. The first-order chi connectivity index (χ1) is 12.3. The average Bonchev–Trinajstić information content (AvgIpc) is 2.67. The summed E-state index contributed by atoms with van der Waals surface area (Å²) in [4.78, 5) is 12.1. The third-order valence-electron chi connectivity index (χ3n) is 3.79. The van der Waals surface area contributed by atoms with E-state index in [-0.39, 0.29) is 19.0 Å². The van der Waals surface area contributed by atoms with Gasteiger partial charge in [-0.3, -0.25) is 4.79 Å². The highest BCUT2D eigenvalue weighted by Gasteiger charge is 2.10. The van der Waals surface area contributed by atoms with Crippen molar-refractivity contribution in [2.24, 2.45) is 0 Å². The summed E-state index contributed by atoms with van der Waals surface area (Å²) in [6.45, 7) is 0.754. The largest absolute Gasteiger partial charge is 0.489 e. The summed E-state index contributed by atoms with van der Waals surface area (Å²) >= 11 is 0. The lowest BCUT2D eigenvalue weighted by molar-refractivity contribution is -0.144. The maximum absolute atomic E-state index is 12.1. The first-order valence-corrected chi connectivity index (χ1v) is 8.25. The van der Waals surface area contributed by atoms with Crippen molar-refractivity contribution >= 4 is 5.97 Å². The van der Waals surface area contributed by atoms with Gasteiger partial charge in [0.25, 0.3) is 0 Å². The van der Waals surface area contributed by atoms with Crippen LogP contribution < -0.4 is 4.74 Å². The standard InChI is InChI=1S/C22H20O3/c23-22(25-17-19-11-5-2-6-12-19)15-20-13-7-8-14-21(20)24-16-18-9-3-1-4-10-18/h1-14H,15-17H2. The third kappa shape index (κ3) is 5.21. The molecule has 0 unspecified atom stereocenters. The Labute approximate surface area is 147 Å². The molecule has 0 atom stereocenters. The molecule has 3 aromatic rings. The molecule has 0 aliphatic carbocycles. The zero-order valence-electron chi connectivity index (χ0n) is 13.9. The van der Waals surface area contributed by atoms with E-state index in [2.05, 4.69) is 0 Å². The second-order valence-corrected chi connectivity index (χ2v) is 5.71. The molecule has 0 saturated heterocycles. The molecule has 0 bridgehead atoms. The Morgan fingerprint density at radius 1 is 0.680 bits per heavy atom. The Morgan fingerprint density at radius 3 is 1.92 bits per heavy atom. The average molecular weight is 332 g/mol. The van der Waals surface area contributed by atoms with E-state index in [9.17, 15) is 4.79 Å². The molecule has 3 rings (SSSR count). The number of esters is 1. The number of hydrogen-bond acceptors (Lipinski definition) is 3. The van der Waals surface area contributed by atoms with Gasteiger partial charge in [0, 0.05) is 5.56 Å². The second-order valence-electron chi connectivity index (χ2n) is 5.71. The van der Waals surface area contributed by atoms with E-state index in [0.717, 1.165) is 16.7 Å². The van der Waals surface area contributed by atoms with E-state index in [1.54, 1.807) is 0 Å². The van der Waals surface area contributed by atoms with Crippen LogP contribution in [0, 0.1) is 0 Å². The van der Waals surface area contributed by atoms with E-state index < -0.39 is 0 Å². The van der Waals surface area contributed by atoms with E-state index in [0.29, 0.717) is 12.4 Å². The van der Waals surface area contributed by atoms with Crippen LogP contribution in [0.4, 0.5) is 0 Å². The predicted molar refractivity (Wildman–Crippen MR) is 97.2 cm³/mol. The van der Waals surface area contributed by atoms with Gasteiger partial charge in [-0.15, -0.1) is 0 Å². The normalized spacial score (nSPS) is 10.2. The number of carbonyl (C=O) groups is 1. The van der Waals surface area contributed by atoms with Crippen LogP contribution >= 0.6 is 0 Å². The van der Waals surface area contributed by atoms with Crippen molar-refractivity contribution in [2.75, 3.05) is 0 Å². The molecule has 3 aromatic carbocycles. The maximum Gasteiger partial charge on any atom is 0.310 e. The first-order valence-electron chi connectivity index (χ1n) is 8.25. The molecule has 0 fully saturated rings. The predicted octanol–water partition coefficient (Wildman–Crippen LogP) is 4.55. The fourth-order valence-corrected chi connectivity index (χ4v) is 2.47. The number of para-hydroxylation sites is 1. The summed E-state index contributed by atoms with van der Waals surface area (Å²) in [5.74, 6) is 0.447. The monoisotopic (exact) mass is 332 g/mol. The highest BCUT2D eigenvalue weighted by molar-refractivity contribution is 5.73. The van der Waals surface area contributed by atoms with E-state index in [1.807, 2.05) is 84.9 Å². The highest BCUT2D eigenvalue weighted by atomic mass is 16.5. The Balaban J connectivity index is 1.57. The van der Waals surface area contributed by atoms with Crippen molar-refractivity contribution in [3.05, 3.63) is 102 Å². The molecule has 0 N–H and O–H groups in total. The highest BCUT2D eigenvalue weighted by Crippen LogP contribution is 2.20. The summed E-state index contributed by atoms with van der Waals surface area (Å²) < 4.78 is 11.2. The quantitative estimate of drug-likeness (QED) is 0.595. The van der Waals surface area contributed by atoms with Crippen LogP contribution in [0.25, 0.3) is 0 Å². The SMILES string of the molecule is O=C(Cc1ccccc1OCc1ccccc1)OCc1ccccc1. The molecule has 3 heteroatoms. The molecular formula is C22H20O3. The van der Waals surface area contributed by atoms with Crippen LogP contribution in [0.1, 0.15) is 16.7 Å². The summed E-state index contributed by atoms with van der Waals surface area (Å²) in [7, 11) is 0. The number of ether oxygens (including phenoxy) is 2. The smallest absolute Gasteiger partial charge is 0.310 e. The zero-order valence-corrected chi connectivity index (χ0v) is 13.9. The van der Waals surface area contributed by atoms with Crippen molar-refractivity contribution in [3.8, 4) is 5.75 Å². The fraction of sp³-hybridized carbons (Fsp3) is 0.136. The van der Waals surface area contributed by atoms with Crippen LogP contribution in [-0.2, 0) is 29.2 Å². The van der Waals surface area contributed by atoms with Crippen LogP contribution in [-0.4, -0.2) is 5.97 Å². The minimum atomic E-state index is -0.264. The van der Waals surface area contributed by atoms with Gasteiger partial charge in [0.2, 0.25) is 0 Å². The molecule has 3 nitrogen and oxygen atoms in total. The van der Waals surface area contributed by atoms with Gasteiger partial charge < -0.3 is 9.47 Å². The van der Waals surface area contributed by atoms with Crippen LogP contribution in [0.3, 0.4) is 0 Å². The molecule has 0 amide bonds. The molecule has 0 heterocycles. The Morgan fingerprint density at radius 2 is 1.24 bits per heavy atom. The van der Waals surface area contributed by atoms with Gasteiger partial charge in [0.1, 0.15) is 19.0 Å². The van der Waals surface area contributed by atoms with Gasteiger partial charge in [-0.05, 0) is 17.2 Å². The Bertz CT molecular complexity index is 798. The number of rotatable bonds is 7. The molecule has 0 aliphatic heterocycles. The third-order valence-corrected chi connectivity index (χ3v) is 3.79. The molecule has 25 heavy (non-hydrogen) atoms. The maximum atomic E-state index is 12.1. The van der Waals surface area contributed by atoms with Gasteiger partial charge in [0.05, 0.1) is 6.42 Å². The minimum absolute atomic E-state index is 0.192. The number of hydrogen-bond donors (Lipinski definition) is 0. The minimum Gasteiger partial charge on any atom is -0.489 e. The van der Waals surface area contributed by atoms with Crippen molar-refractivity contribution < 1.29 is 14.3 Å². The summed E-state index contributed by atoms with van der Waals surface area (Å²) in [6.07, 6.45) is 0.192. The van der Waals surface area contributed by atoms with Gasteiger partial charge in [-0.25, -0.2) is 0 Å². The molecule has 0 aromatic heterocycles. The van der Waals surface area contributed by atoms with Crippen LogP contribution in [0.5, 0.6) is 5.75 Å². The molecule has 126 valence electrons. The lowest BCUT2D eigenvalue weighted by Crippen LogP contribution is -2.09. The van der Waals surface area contributed by atoms with Crippen LogP contribution in [0.15, 0.2) is 84.9 Å². The van der Waals surface area contributed by atoms with E-state index >= 15 is 0 Å². The fourth-order valence-electron chi connectivity index (χ4n) is 2.47. The molecule has 0 radical (unpaired) electrons. The van der Waals surface area contributed by atoms with Gasteiger partial charge in [-0.1, -0.05) is 78.9 Å². The summed E-state index contributed by atoms with van der Waals surface area (Å²) in [6, 6.07) is 27.2. The van der Waals surface area contributed by atoms with Gasteiger partial charge in [0.15, 0.2) is 0 Å². The van der Waals surface area contributed by atoms with E-state index in [1.165, 1.54) is 0 Å². The molecule has 0 saturated carbocycles. The van der Waals surface area contributed by atoms with Crippen molar-refractivity contribution in [2.45, 2.75) is 19.6 Å². The van der Waals surface area contributed by atoms with E-state index in [4.69, 9.17) is 9.47 Å². The lowest BCUT2D eigenvalue weighted by Gasteiger charge is -2.11. The topological polar surface area (TPSA) is 35.5 Å². The first kappa shape index (κ1) is 16.8. The van der Waals surface area contributed by atoms with Crippen LogP contribution in [0.2, 0.25) is 0 Å².